The van der Waals surface area contributed by atoms with Gasteiger partial charge in [0, 0.05) is 24.6 Å². The fourth-order valence-electron chi connectivity index (χ4n) is 7.22. The van der Waals surface area contributed by atoms with Crippen LogP contribution in [0.2, 0.25) is 0 Å². The lowest BCUT2D eigenvalue weighted by atomic mass is 9.49. The van der Waals surface area contributed by atoms with Crippen molar-refractivity contribution in [1.82, 2.24) is 10.1 Å². The number of aliphatic hydroxyl groups is 2. The van der Waals surface area contributed by atoms with Crippen molar-refractivity contribution >= 4 is 11.6 Å². The molecule has 1 aromatic carbocycles. The average Bonchev–Trinajstić information content (AvgIpc) is 3.49. The predicted octanol–water partition coefficient (Wildman–Crippen LogP) is 2.62. The molecule has 1 saturated heterocycles. The third-order valence-corrected chi connectivity index (χ3v) is 9.06. The standard InChI is InChI=1S/C26H29N3O6/c1-12-20(13(2)35-28-12)27-24(32)16-10-26(33)18-9-15-5-6-17(30)22-19(15)25(26,23(34-22)21(16)31)7-8-29(18)11-14-3-4-14/h5-6,14,18,23,30-31,33H,3-4,7-11H2,1-2H3,(H,27,32)/t18-,23+,25+,26-/m1/s1. The van der Waals surface area contributed by atoms with Gasteiger partial charge in [0.25, 0.3) is 5.91 Å². The lowest BCUT2D eigenvalue weighted by molar-refractivity contribution is -0.172. The molecule has 1 aromatic heterocycles. The molecule has 2 fully saturated rings. The zero-order chi connectivity index (χ0) is 24.3. The van der Waals surface area contributed by atoms with Gasteiger partial charge in [-0.3, -0.25) is 9.69 Å². The fourth-order valence-corrected chi connectivity index (χ4v) is 7.22. The molecule has 4 atom stereocenters. The Morgan fingerprint density at radius 1 is 1.29 bits per heavy atom. The van der Waals surface area contributed by atoms with Gasteiger partial charge in [-0.15, -0.1) is 0 Å². The maximum atomic E-state index is 13.5. The third kappa shape index (κ3) is 2.60. The molecule has 1 amide bonds. The summed E-state index contributed by atoms with van der Waals surface area (Å²) in [4.78, 5) is 15.9. The Bertz CT molecular complexity index is 1290. The number of hydrogen-bond acceptors (Lipinski definition) is 8. The van der Waals surface area contributed by atoms with Gasteiger partial charge in [-0.1, -0.05) is 11.2 Å². The smallest absolute Gasteiger partial charge is 0.255 e. The van der Waals surface area contributed by atoms with E-state index in [-0.39, 0.29) is 29.5 Å². The maximum Gasteiger partial charge on any atom is 0.255 e. The van der Waals surface area contributed by atoms with Crippen molar-refractivity contribution in [2.45, 2.75) is 69.1 Å². The Morgan fingerprint density at radius 3 is 2.80 bits per heavy atom. The maximum absolute atomic E-state index is 13.5. The zero-order valence-corrected chi connectivity index (χ0v) is 19.8. The van der Waals surface area contributed by atoms with Gasteiger partial charge in [-0.2, -0.15) is 0 Å². The summed E-state index contributed by atoms with van der Waals surface area (Å²) < 4.78 is 11.4. The van der Waals surface area contributed by atoms with Crippen LogP contribution in [0.25, 0.3) is 0 Å². The van der Waals surface area contributed by atoms with Gasteiger partial charge >= 0.3 is 0 Å². The largest absolute Gasteiger partial charge is 0.508 e. The van der Waals surface area contributed by atoms with Crippen LogP contribution in [0.15, 0.2) is 28.0 Å². The highest BCUT2D eigenvalue weighted by Gasteiger charge is 2.73. The Labute approximate surface area is 202 Å². The molecule has 35 heavy (non-hydrogen) atoms. The monoisotopic (exact) mass is 479 g/mol. The second kappa shape index (κ2) is 6.79. The van der Waals surface area contributed by atoms with Crippen LogP contribution in [-0.4, -0.2) is 62.1 Å². The molecule has 1 saturated carbocycles. The summed E-state index contributed by atoms with van der Waals surface area (Å²) in [6, 6.07) is 3.31. The van der Waals surface area contributed by atoms with Gasteiger partial charge in [-0.25, -0.2) is 0 Å². The topological polar surface area (TPSA) is 128 Å². The molecule has 2 aliphatic heterocycles. The number of aromatic nitrogens is 1. The van der Waals surface area contributed by atoms with Crippen molar-refractivity contribution in [3.05, 3.63) is 46.0 Å². The van der Waals surface area contributed by atoms with Crippen molar-refractivity contribution in [1.29, 1.82) is 0 Å². The number of piperidine rings is 1. The summed E-state index contributed by atoms with van der Waals surface area (Å²) in [7, 11) is 0. The average molecular weight is 480 g/mol. The van der Waals surface area contributed by atoms with Crippen molar-refractivity contribution in [3.63, 3.8) is 0 Å². The molecule has 184 valence electrons. The highest BCUT2D eigenvalue weighted by molar-refractivity contribution is 6.05. The number of phenols is 1. The number of aryl methyl sites for hydroxylation is 2. The first-order valence-corrected chi connectivity index (χ1v) is 12.4. The number of nitrogens with zero attached hydrogens (tertiary/aromatic N) is 2. The molecule has 7 rings (SSSR count). The number of likely N-dealkylation sites (tertiary alicyclic amines) is 1. The Morgan fingerprint density at radius 2 is 2.09 bits per heavy atom. The number of aromatic hydroxyl groups is 1. The van der Waals surface area contributed by atoms with E-state index in [0.29, 0.717) is 41.7 Å². The Balaban J connectivity index is 1.37. The number of rotatable bonds is 4. The van der Waals surface area contributed by atoms with Crippen LogP contribution in [-0.2, 0) is 16.6 Å². The number of aliphatic hydroxyl groups excluding tert-OH is 1. The van der Waals surface area contributed by atoms with Crippen molar-refractivity contribution in [3.8, 4) is 11.5 Å². The van der Waals surface area contributed by atoms with E-state index in [0.717, 1.165) is 24.2 Å². The van der Waals surface area contributed by atoms with Gasteiger partial charge in [0.2, 0.25) is 0 Å². The van der Waals surface area contributed by atoms with E-state index in [2.05, 4.69) is 15.4 Å². The normalized spacial score (nSPS) is 32.9. The summed E-state index contributed by atoms with van der Waals surface area (Å²) in [6.07, 6.45) is 2.64. The molecular weight excluding hydrogens is 450 g/mol. The van der Waals surface area contributed by atoms with Crippen molar-refractivity contribution in [2.24, 2.45) is 5.92 Å². The summed E-state index contributed by atoms with van der Waals surface area (Å²) in [5.41, 5.74) is 0.659. The minimum atomic E-state index is -1.34. The van der Waals surface area contributed by atoms with Gasteiger partial charge in [0.05, 0.1) is 16.6 Å². The van der Waals surface area contributed by atoms with Crippen LogP contribution in [0.3, 0.4) is 0 Å². The van der Waals surface area contributed by atoms with Crippen LogP contribution in [0.1, 0.15) is 48.3 Å². The van der Waals surface area contributed by atoms with E-state index < -0.39 is 23.0 Å². The van der Waals surface area contributed by atoms with E-state index in [4.69, 9.17) is 9.26 Å². The number of amides is 1. The molecule has 3 aliphatic carbocycles. The number of anilines is 1. The van der Waals surface area contributed by atoms with Crippen LogP contribution in [0.4, 0.5) is 5.69 Å². The Kier molecular flexibility index (Phi) is 4.13. The van der Waals surface area contributed by atoms with E-state index >= 15 is 0 Å². The van der Waals surface area contributed by atoms with E-state index in [9.17, 15) is 20.1 Å². The first-order chi connectivity index (χ1) is 16.7. The Hall–Kier alpha value is -3.04. The molecule has 3 heterocycles. The highest BCUT2D eigenvalue weighted by Crippen LogP contribution is 2.66. The second-order valence-corrected chi connectivity index (χ2v) is 10.9. The molecule has 1 spiro atoms. The quantitative estimate of drug-likeness (QED) is 0.527. The summed E-state index contributed by atoms with van der Waals surface area (Å²) in [6.45, 7) is 5.12. The predicted molar refractivity (Wildman–Crippen MR) is 124 cm³/mol. The van der Waals surface area contributed by atoms with Crippen LogP contribution in [0.5, 0.6) is 11.5 Å². The molecule has 0 unspecified atom stereocenters. The van der Waals surface area contributed by atoms with Gasteiger partial charge in [0.15, 0.2) is 23.4 Å². The van der Waals surface area contributed by atoms with E-state index in [1.165, 1.54) is 12.8 Å². The molecular formula is C26H29N3O6. The van der Waals surface area contributed by atoms with Gasteiger partial charge in [0.1, 0.15) is 17.1 Å². The molecule has 2 bridgehead atoms. The highest BCUT2D eigenvalue weighted by atomic mass is 16.5. The first kappa shape index (κ1) is 21.3. The summed E-state index contributed by atoms with van der Waals surface area (Å²) >= 11 is 0. The van der Waals surface area contributed by atoms with Crippen molar-refractivity contribution < 1.29 is 29.4 Å². The second-order valence-electron chi connectivity index (χ2n) is 10.9. The molecule has 4 N–H and O–H groups in total. The van der Waals surface area contributed by atoms with Crippen LogP contribution < -0.4 is 10.1 Å². The van der Waals surface area contributed by atoms with E-state index in [1.807, 2.05) is 6.07 Å². The summed E-state index contributed by atoms with van der Waals surface area (Å²) in [5.74, 6) is 0.724. The third-order valence-electron chi connectivity index (χ3n) is 9.06. The fraction of sp³-hybridized carbons (Fsp3) is 0.538. The molecule has 9 heteroatoms. The van der Waals surface area contributed by atoms with Crippen LogP contribution in [0, 0.1) is 19.8 Å². The van der Waals surface area contributed by atoms with Gasteiger partial charge in [-0.05, 0) is 63.6 Å². The lowest BCUT2D eigenvalue weighted by Gasteiger charge is -2.62. The van der Waals surface area contributed by atoms with Gasteiger partial charge < -0.3 is 29.9 Å². The number of benzene rings is 1. The number of nitrogens with one attached hydrogen (secondary N) is 1. The minimum absolute atomic E-state index is 0.00568. The van der Waals surface area contributed by atoms with Crippen LogP contribution >= 0.6 is 0 Å². The number of hydrogen-bond donors (Lipinski definition) is 4. The number of ether oxygens (including phenoxy) is 1. The number of carbonyl (C=O) groups is 1. The molecule has 0 radical (unpaired) electrons. The summed E-state index contributed by atoms with van der Waals surface area (Å²) in [5, 5.41) is 41.4. The number of phenolic OH excluding ortho intramolecular Hbond substituents is 1. The molecule has 9 nitrogen and oxygen atoms in total. The zero-order valence-electron chi connectivity index (χ0n) is 19.8. The lowest BCUT2D eigenvalue weighted by Crippen LogP contribution is -2.75. The van der Waals surface area contributed by atoms with E-state index in [1.54, 1.807) is 19.9 Å². The van der Waals surface area contributed by atoms with Crippen molar-refractivity contribution in [2.75, 3.05) is 18.4 Å². The first-order valence-electron chi connectivity index (χ1n) is 12.4. The minimum Gasteiger partial charge on any atom is -0.508 e. The molecule has 5 aliphatic rings. The molecule has 2 aromatic rings. The number of carbonyl (C=O) groups excluding carboxylic acids is 1. The SMILES string of the molecule is Cc1noc(C)c1NC(=O)C1=C(O)[C@@H]2Oc3c(O)ccc4c3[C@@]23CCN(CC2CC2)[C@H](C4)[C@]3(O)C1.